The van der Waals surface area contributed by atoms with Crippen LogP contribution in [0.3, 0.4) is 0 Å². The van der Waals surface area contributed by atoms with Gasteiger partial charge in [0.25, 0.3) is 11.5 Å². The normalized spacial score (nSPS) is 10.7. The highest BCUT2D eigenvalue weighted by Gasteiger charge is 2.15. The molecule has 0 radical (unpaired) electrons. The average Bonchev–Trinajstić information content (AvgIpc) is 2.47. The first-order valence-corrected chi connectivity index (χ1v) is 7.39. The number of hydrogen-bond acceptors (Lipinski definition) is 4. The summed E-state index contributed by atoms with van der Waals surface area (Å²) in [6, 6.07) is 4.97. The highest BCUT2D eigenvalue weighted by Crippen LogP contribution is 2.32. The smallest absolute Gasteiger partial charge is 0.274 e. The maximum absolute atomic E-state index is 12.3. The van der Waals surface area contributed by atoms with Crippen LogP contribution >= 0.6 is 0 Å². The lowest BCUT2D eigenvalue weighted by atomic mass is 9.99. The molecular formula is C17H21N3O3. The van der Waals surface area contributed by atoms with Crippen LogP contribution < -0.4 is 15.6 Å². The zero-order chi connectivity index (χ0) is 17.1. The number of amides is 1. The molecule has 2 rings (SSSR count). The minimum atomic E-state index is -0.415. The van der Waals surface area contributed by atoms with Crippen molar-refractivity contribution in [3.05, 3.63) is 51.2 Å². The molecule has 1 amide bonds. The van der Waals surface area contributed by atoms with Gasteiger partial charge in [-0.05, 0) is 43.0 Å². The van der Waals surface area contributed by atoms with Crippen LogP contribution in [-0.4, -0.2) is 23.0 Å². The van der Waals surface area contributed by atoms with Gasteiger partial charge in [-0.3, -0.25) is 9.59 Å². The molecule has 2 N–H and O–H groups in total. The van der Waals surface area contributed by atoms with Gasteiger partial charge >= 0.3 is 0 Å². The summed E-state index contributed by atoms with van der Waals surface area (Å²) in [4.78, 5) is 30.4. The molecule has 0 saturated carbocycles. The Morgan fingerprint density at radius 3 is 2.52 bits per heavy atom. The summed E-state index contributed by atoms with van der Waals surface area (Å²) in [5, 5.41) is 2.82. The second-order valence-electron chi connectivity index (χ2n) is 5.73. The summed E-state index contributed by atoms with van der Waals surface area (Å²) < 4.78 is 5.39. The molecule has 6 heteroatoms. The molecule has 1 aromatic carbocycles. The average molecular weight is 315 g/mol. The van der Waals surface area contributed by atoms with Crippen molar-refractivity contribution >= 4 is 11.6 Å². The minimum Gasteiger partial charge on any atom is -0.496 e. The molecule has 0 fully saturated rings. The molecule has 23 heavy (non-hydrogen) atoms. The van der Waals surface area contributed by atoms with Crippen molar-refractivity contribution in [1.29, 1.82) is 0 Å². The number of anilines is 1. The van der Waals surface area contributed by atoms with E-state index in [0.717, 1.165) is 16.9 Å². The fraction of sp³-hybridized carbons (Fsp3) is 0.353. The number of benzene rings is 1. The molecule has 0 aliphatic heterocycles. The summed E-state index contributed by atoms with van der Waals surface area (Å²) in [6.07, 6.45) is 0. The van der Waals surface area contributed by atoms with Gasteiger partial charge in [-0.2, -0.15) is 0 Å². The van der Waals surface area contributed by atoms with Crippen LogP contribution in [0, 0.1) is 13.8 Å². The number of H-pyrrole nitrogens is 1. The van der Waals surface area contributed by atoms with Crippen molar-refractivity contribution in [3.63, 3.8) is 0 Å². The van der Waals surface area contributed by atoms with Gasteiger partial charge in [0.15, 0.2) is 0 Å². The molecule has 122 valence electrons. The Bertz CT molecular complexity index is 794. The zero-order valence-corrected chi connectivity index (χ0v) is 14.0. The largest absolute Gasteiger partial charge is 0.496 e. The van der Waals surface area contributed by atoms with E-state index in [2.05, 4.69) is 29.1 Å². The minimum absolute atomic E-state index is 0.0903. The highest BCUT2D eigenvalue weighted by molar-refractivity contribution is 6.03. The fourth-order valence-electron chi connectivity index (χ4n) is 2.34. The summed E-state index contributed by atoms with van der Waals surface area (Å²) in [5.74, 6) is 1.03. The lowest BCUT2D eigenvalue weighted by Crippen LogP contribution is -2.20. The third kappa shape index (κ3) is 3.77. The van der Waals surface area contributed by atoms with E-state index in [0.29, 0.717) is 11.5 Å². The number of carbonyl (C=O) groups is 1. The Kier molecular flexibility index (Phi) is 4.83. The molecule has 1 aromatic heterocycles. The number of methoxy groups -OCH3 is 1. The fourth-order valence-corrected chi connectivity index (χ4v) is 2.34. The van der Waals surface area contributed by atoms with Crippen LogP contribution in [-0.2, 0) is 0 Å². The Labute approximate surface area is 134 Å². The molecule has 0 aliphatic carbocycles. The Hall–Kier alpha value is -2.63. The second kappa shape index (κ2) is 6.64. The van der Waals surface area contributed by atoms with E-state index in [1.54, 1.807) is 14.0 Å². The monoisotopic (exact) mass is 315 g/mol. The van der Waals surface area contributed by atoms with Gasteiger partial charge in [-0.15, -0.1) is 0 Å². The van der Waals surface area contributed by atoms with Gasteiger partial charge in [0, 0.05) is 11.8 Å². The third-order valence-corrected chi connectivity index (χ3v) is 3.54. The number of carbonyl (C=O) groups excluding carboxylic acids is 1. The Balaban J connectivity index is 2.37. The summed E-state index contributed by atoms with van der Waals surface area (Å²) in [5.41, 5.74) is 2.30. The van der Waals surface area contributed by atoms with Crippen LogP contribution in [0.1, 0.15) is 47.2 Å². The first kappa shape index (κ1) is 16.7. The Morgan fingerprint density at radius 1 is 1.26 bits per heavy atom. The first-order valence-electron chi connectivity index (χ1n) is 7.39. The van der Waals surface area contributed by atoms with Crippen LogP contribution in [0.5, 0.6) is 5.75 Å². The standard InChI is InChI=1S/C17H21N3O3/c1-9(2)12-7-13(10(3)6-15(12)23-5)20-17(22)14-8-16(21)19-11(4)18-14/h6-9H,1-5H3,(H,20,22)(H,18,19,21). The summed E-state index contributed by atoms with van der Waals surface area (Å²) in [6.45, 7) is 7.63. The van der Waals surface area contributed by atoms with Crippen LogP contribution in [0.4, 0.5) is 5.69 Å². The SMILES string of the molecule is COc1cc(C)c(NC(=O)c2cc(=O)[nH]c(C)n2)cc1C(C)C. The Morgan fingerprint density at radius 2 is 1.96 bits per heavy atom. The quantitative estimate of drug-likeness (QED) is 0.908. The maximum atomic E-state index is 12.3. The van der Waals surface area contributed by atoms with Crippen molar-refractivity contribution < 1.29 is 9.53 Å². The molecule has 1 heterocycles. The maximum Gasteiger partial charge on any atom is 0.274 e. The molecule has 0 aliphatic rings. The first-order chi connectivity index (χ1) is 10.8. The van der Waals surface area contributed by atoms with Gasteiger partial charge in [-0.25, -0.2) is 4.98 Å². The lowest BCUT2D eigenvalue weighted by Gasteiger charge is -2.16. The number of ether oxygens (including phenoxy) is 1. The molecule has 0 spiro atoms. The number of nitrogens with zero attached hydrogens (tertiary/aromatic N) is 1. The molecule has 0 atom stereocenters. The van der Waals surface area contributed by atoms with E-state index in [4.69, 9.17) is 4.74 Å². The molecule has 0 unspecified atom stereocenters. The van der Waals surface area contributed by atoms with Gasteiger partial charge in [0.1, 0.15) is 17.3 Å². The van der Waals surface area contributed by atoms with Gasteiger partial charge in [0.2, 0.25) is 0 Å². The highest BCUT2D eigenvalue weighted by atomic mass is 16.5. The van der Waals surface area contributed by atoms with Gasteiger partial charge in [0.05, 0.1) is 7.11 Å². The van der Waals surface area contributed by atoms with E-state index in [9.17, 15) is 9.59 Å². The second-order valence-corrected chi connectivity index (χ2v) is 5.73. The van der Waals surface area contributed by atoms with Crippen molar-refractivity contribution in [2.24, 2.45) is 0 Å². The van der Waals surface area contributed by atoms with Crippen LogP contribution in [0.15, 0.2) is 23.0 Å². The number of aryl methyl sites for hydroxylation is 2. The number of rotatable bonds is 4. The van der Waals surface area contributed by atoms with Crippen molar-refractivity contribution in [2.75, 3.05) is 12.4 Å². The van der Waals surface area contributed by atoms with Crippen molar-refractivity contribution in [3.8, 4) is 5.75 Å². The molecule has 2 aromatic rings. The summed E-state index contributed by atoms with van der Waals surface area (Å²) >= 11 is 0. The number of nitrogens with one attached hydrogen (secondary N) is 2. The predicted octanol–water partition coefficient (Wildman–Crippen LogP) is 2.77. The lowest BCUT2D eigenvalue weighted by molar-refractivity contribution is 0.102. The number of hydrogen-bond donors (Lipinski definition) is 2. The van der Waals surface area contributed by atoms with Crippen molar-refractivity contribution in [2.45, 2.75) is 33.6 Å². The predicted molar refractivity (Wildman–Crippen MR) is 89.4 cm³/mol. The van der Waals surface area contributed by atoms with E-state index in [-0.39, 0.29) is 17.2 Å². The molecule has 0 saturated heterocycles. The van der Waals surface area contributed by atoms with E-state index in [1.165, 1.54) is 6.07 Å². The van der Waals surface area contributed by atoms with E-state index < -0.39 is 5.91 Å². The molecule has 6 nitrogen and oxygen atoms in total. The van der Waals surface area contributed by atoms with Crippen LogP contribution in [0.25, 0.3) is 0 Å². The summed E-state index contributed by atoms with van der Waals surface area (Å²) in [7, 11) is 1.63. The zero-order valence-electron chi connectivity index (χ0n) is 14.0. The van der Waals surface area contributed by atoms with Gasteiger partial charge in [-0.1, -0.05) is 13.8 Å². The number of aromatic nitrogens is 2. The van der Waals surface area contributed by atoms with E-state index >= 15 is 0 Å². The number of aromatic amines is 1. The van der Waals surface area contributed by atoms with E-state index in [1.807, 2.05) is 19.1 Å². The van der Waals surface area contributed by atoms with Gasteiger partial charge < -0.3 is 15.0 Å². The van der Waals surface area contributed by atoms with Crippen LogP contribution in [0.2, 0.25) is 0 Å². The third-order valence-electron chi connectivity index (χ3n) is 3.54. The van der Waals surface area contributed by atoms with Crippen molar-refractivity contribution in [1.82, 2.24) is 9.97 Å². The molecule has 0 bridgehead atoms. The topological polar surface area (TPSA) is 84.1 Å². The molecular weight excluding hydrogens is 294 g/mol.